The van der Waals surface area contributed by atoms with Crippen LogP contribution in [0.1, 0.15) is 17.9 Å². The van der Waals surface area contributed by atoms with E-state index in [-0.39, 0.29) is 5.82 Å². The minimum atomic E-state index is -0.207. The van der Waals surface area contributed by atoms with E-state index in [0.29, 0.717) is 5.92 Å². The molecule has 4 rings (SSSR count). The molecule has 23 heavy (non-hydrogen) atoms. The van der Waals surface area contributed by atoms with Gasteiger partial charge in [-0.05, 0) is 61.0 Å². The average molecular weight is 329 g/mol. The number of anilines is 2. The molecule has 0 fully saturated rings. The predicted octanol–water partition coefficient (Wildman–Crippen LogP) is 4.63. The molecule has 4 heteroatoms. The van der Waals surface area contributed by atoms with Crippen LogP contribution in [0.4, 0.5) is 15.8 Å². The second kappa shape index (κ2) is 5.99. The molecule has 0 amide bonds. The van der Waals surface area contributed by atoms with Crippen molar-refractivity contribution in [2.45, 2.75) is 12.3 Å². The summed E-state index contributed by atoms with van der Waals surface area (Å²) in [5.41, 5.74) is 4.93. The van der Waals surface area contributed by atoms with Crippen molar-refractivity contribution in [2.24, 2.45) is 0 Å². The maximum Gasteiger partial charge on any atom is 0.123 e. The maximum atomic E-state index is 13.2. The van der Waals surface area contributed by atoms with Crippen molar-refractivity contribution < 1.29 is 4.39 Å². The van der Waals surface area contributed by atoms with Crippen LogP contribution in [0.15, 0.2) is 54.1 Å². The van der Waals surface area contributed by atoms with Gasteiger partial charge in [-0.1, -0.05) is 23.3 Å². The first kappa shape index (κ1) is 14.7. The monoisotopic (exact) mass is 328 g/mol. The minimum Gasteiger partial charge on any atom is -0.340 e. The molecule has 1 N–H and O–H groups in total. The van der Waals surface area contributed by atoms with Crippen LogP contribution >= 0.6 is 11.6 Å². The van der Waals surface area contributed by atoms with E-state index in [4.69, 9.17) is 11.6 Å². The quantitative estimate of drug-likeness (QED) is 0.808. The van der Waals surface area contributed by atoms with E-state index >= 15 is 0 Å². The fraction of sp³-hybridized carbons (Fsp3) is 0.263. The van der Waals surface area contributed by atoms with Gasteiger partial charge in [0.15, 0.2) is 0 Å². The Morgan fingerprint density at radius 2 is 1.96 bits per heavy atom. The minimum absolute atomic E-state index is 0.207. The fourth-order valence-corrected chi connectivity index (χ4v) is 3.75. The Balaban J connectivity index is 1.76. The van der Waals surface area contributed by atoms with Gasteiger partial charge in [0, 0.05) is 35.4 Å². The summed E-state index contributed by atoms with van der Waals surface area (Å²) in [5.74, 6) is 0.151. The Hall–Kier alpha value is -1.84. The van der Waals surface area contributed by atoms with Gasteiger partial charge >= 0.3 is 0 Å². The van der Waals surface area contributed by atoms with E-state index in [1.807, 2.05) is 18.2 Å². The number of halogens is 2. The summed E-state index contributed by atoms with van der Waals surface area (Å²) in [6.07, 6.45) is 3.36. The summed E-state index contributed by atoms with van der Waals surface area (Å²) in [5, 5.41) is 4.13. The van der Waals surface area contributed by atoms with Crippen molar-refractivity contribution >= 4 is 23.0 Å². The summed E-state index contributed by atoms with van der Waals surface area (Å²) in [7, 11) is 0. The van der Waals surface area contributed by atoms with Crippen LogP contribution in [-0.2, 0) is 0 Å². The molecule has 2 aromatic carbocycles. The van der Waals surface area contributed by atoms with Gasteiger partial charge in [-0.2, -0.15) is 0 Å². The van der Waals surface area contributed by atoms with Crippen molar-refractivity contribution in [2.75, 3.05) is 24.5 Å². The SMILES string of the molecule is Fc1ccc(N2CC(C3=CCNCC3)c3cc(Cl)ccc32)cc1. The van der Waals surface area contributed by atoms with Gasteiger partial charge in [0.1, 0.15) is 5.82 Å². The molecular formula is C19H18ClFN2. The highest BCUT2D eigenvalue weighted by Crippen LogP contribution is 2.45. The number of nitrogens with one attached hydrogen (secondary N) is 1. The lowest BCUT2D eigenvalue weighted by Gasteiger charge is -2.22. The molecule has 0 saturated carbocycles. The van der Waals surface area contributed by atoms with E-state index in [1.54, 1.807) is 0 Å². The zero-order valence-electron chi connectivity index (χ0n) is 12.7. The van der Waals surface area contributed by atoms with Gasteiger partial charge in [0.05, 0.1) is 0 Å². The van der Waals surface area contributed by atoms with Gasteiger partial charge in [0.2, 0.25) is 0 Å². The van der Waals surface area contributed by atoms with E-state index in [9.17, 15) is 4.39 Å². The molecule has 0 spiro atoms. The maximum absolute atomic E-state index is 13.2. The fourth-order valence-electron chi connectivity index (χ4n) is 3.57. The van der Waals surface area contributed by atoms with E-state index in [0.717, 1.165) is 36.8 Å². The van der Waals surface area contributed by atoms with Gasteiger partial charge < -0.3 is 10.2 Å². The van der Waals surface area contributed by atoms with Crippen molar-refractivity contribution in [3.63, 3.8) is 0 Å². The molecule has 2 aliphatic rings. The molecule has 2 aliphatic heterocycles. The molecule has 0 aliphatic carbocycles. The van der Waals surface area contributed by atoms with Gasteiger partial charge in [-0.3, -0.25) is 0 Å². The van der Waals surface area contributed by atoms with Crippen LogP contribution in [0.25, 0.3) is 0 Å². The summed E-state index contributed by atoms with van der Waals surface area (Å²) < 4.78 is 13.2. The summed E-state index contributed by atoms with van der Waals surface area (Å²) in [6.45, 7) is 2.83. The lowest BCUT2D eigenvalue weighted by Crippen LogP contribution is -2.24. The number of nitrogens with zero attached hydrogens (tertiary/aromatic N) is 1. The molecular weight excluding hydrogens is 311 g/mol. The normalized spacial score (nSPS) is 20.3. The van der Waals surface area contributed by atoms with Crippen LogP contribution in [-0.4, -0.2) is 19.6 Å². The predicted molar refractivity (Wildman–Crippen MR) is 93.2 cm³/mol. The third-order valence-electron chi connectivity index (χ3n) is 4.71. The number of fused-ring (bicyclic) bond motifs is 1. The second-order valence-electron chi connectivity index (χ2n) is 6.08. The molecule has 0 saturated heterocycles. The molecule has 1 atom stereocenters. The Labute approximate surface area is 140 Å². The van der Waals surface area contributed by atoms with Gasteiger partial charge in [-0.15, -0.1) is 0 Å². The van der Waals surface area contributed by atoms with Crippen LogP contribution in [0.3, 0.4) is 0 Å². The zero-order chi connectivity index (χ0) is 15.8. The van der Waals surface area contributed by atoms with E-state index in [1.165, 1.54) is 29.0 Å². The first-order valence-corrected chi connectivity index (χ1v) is 8.32. The van der Waals surface area contributed by atoms with Crippen LogP contribution in [0.5, 0.6) is 0 Å². The van der Waals surface area contributed by atoms with Gasteiger partial charge in [-0.25, -0.2) is 4.39 Å². The molecule has 0 aromatic heterocycles. The van der Waals surface area contributed by atoms with Gasteiger partial charge in [0.25, 0.3) is 0 Å². The first-order chi connectivity index (χ1) is 11.2. The van der Waals surface area contributed by atoms with Crippen molar-refractivity contribution in [1.82, 2.24) is 5.32 Å². The highest BCUT2D eigenvalue weighted by atomic mass is 35.5. The average Bonchev–Trinajstić information content (AvgIpc) is 2.95. The molecule has 0 radical (unpaired) electrons. The smallest absolute Gasteiger partial charge is 0.123 e. The summed E-state index contributed by atoms with van der Waals surface area (Å²) in [6, 6.07) is 12.8. The Kier molecular flexibility index (Phi) is 3.83. The number of hydrogen-bond donors (Lipinski definition) is 1. The third kappa shape index (κ3) is 2.75. The number of benzene rings is 2. The largest absolute Gasteiger partial charge is 0.340 e. The highest BCUT2D eigenvalue weighted by Gasteiger charge is 2.32. The Morgan fingerprint density at radius 1 is 1.13 bits per heavy atom. The molecule has 1 unspecified atom stereocenters. The molecule has 2 heterocycles. The standard InChI is InChI=1S/C19H18ClFN2/c20-14-1-6-19-17(11-14)18(13-7-9-22-10-8-13)12-23(19)16-4-2-15(21)3-5-16/h1-7,11,18,22H,8-10,12H2. The lowest BCUT2D eigenvalue weighted by atomic mass is 9.89. The topological polar surface area (TPSA) is 15.3 Å². The molecule has 2 nitrogen and oxygen atoms in total. The molecule has 0 bridgehead atoms. The Morgan fingerprint density at radius 3 is 2.70 bits per heavy atom. The lowest BCUT2D eigenvalue weighted by molar-refractivity contribution is 0.627. The highest BCUT2D eigenvalue weighted by molar-refractivity contribution is 6.30. The third-order valence-corrected chi connectivity index (χ3v) is 4.94. The van der Waals surface area contributed by atoms with E-state index in [2.05, 4.69) is 28.4 Å². The van der Waals surface area contributed by atoms with Crippen LogP contribution in [0.2, 0.25) is 5.02 Å². The molecule has 118 valence electrons. The van der Waals surface area contributed by atoms with Crippen LogP contribution in [0, 0.1) is 5.82 Å². The van der Waals surface area contributed by atoms with Crippen molar-refractivity contribution in [3.8, 4) is 0 Å². The van der Waals surface area contributed by atoms with Crippen molar-refractivity contribution in [3.05, 3.63) is 70.5 Å². The van der Waals surface area contributed by atoms with Crippen LogP contribution < -0.4 is 10.2 Å². The zero-order valence-corrected chi connectivity index (χ0v) is 13.5. The number of hydrogen-bond acceptors (Lipinski definition) is 2. The van der Waals surface area contributed by atoms with Crippen molar-refractivity contribution in [1.29, 1.82) is 0 Å². The second-order valence-corrected chi connectivity index (χ2v) is 6.51. The Bertz CT molecular complexity index is 754. The summed E-state index contributed by atoms with van der Waals surface area (Å²) >= 11 is 6.24. The summed E-state index contributed by atoms with van der Waals surface area (Å²) in [4.78, 5) is 2.26. The number of rotatable bonds is 2. The first-order valence-electron chi connectivity index (χ1n) is 7.94. The van der Waals surface area contributed by atoms with E-state index < -0.39 is 0 Å². The molecule has 2 aromatic rings.